The summed E-state index contributed by atoms with van der Waals surface area (Å²) in [6.07, 6.45) is 5.03. The van der Waals surface area contributed by atoms with Gasteiger partial charge in [-0.3, -0.25) is 4.98 Å². The van der Waals surface area contributed by atoms with Gasteiger partial charge in [0.15, 0.2) is 5.76 Å². The van der Waals surface area contributed by atoms with Gasteiger partial charge in [0.1, 0.15) is 11.5 Å². The summed E-state index contributed by atoms with van der Waals surface area (Å²) in [5, 5.41) is 3.12. The van der Waals surface area contributed by atoms with Crippen LogP contribution in [0, 0.1) is 5.82 Å². The quantitative estimate of drug-likeness (QED) is 0.574. The number of rotatable bonds is 5. The molecule has 0 aliphatic rings. The number of halogens is 1. The topological polar surface area (TPSA) is 63.8 Å². The van der Waals surface area contributed by atoms with E-state index in [2.05, 4.69) is 20.3 Å². The highest BCUT2D eigenvalue weighted by molar-refractivity contribution is 5.76. The molecule has 0 fully saturated rings. The zero-order valence-electron chi connectivity index (χ0n) is 13.8. The van der Waals surface area contributed by atoms with Crippen molar-refractivity contribution in [2.24, 2.45) is 0 Å². The van der Waals surface area contributed by atoms with Crippen LogP contribution in [0.1, 0.15) is 5.56 Å². The van der Waals surface area contributed by atoms with Gasteiger partial charge in [0, 0.05) is 24.5 Å². The number of pyridine rings is 1. The molecule has 6 heteroatoms. The van der Waals surface area contributed by atoms with Crippen LogP contribution in [0.3, 0.4) is 0 Å². The molecule has 4 aromatic rings. The van der Waals surface area contributed by atoms with Crippen molar-refractivity contribution < 1.29 is 8.81 Å². The molecule has 1 N–H and O–H groups in total. The lowest BCUT2D eigenvalue weighted by Gasteiger charge is -2.10. The Morgan fingerprint density at radius 3 is 2.73 bits per heavy atom. The van der Waals surface area contributed by atoms with Gasteiger partial charge >= 0.3 is 0 Å². The van der Waals surface area contributed by atoms with Crippen molar-refractivity contribution in [3.05, 3.63) is 84.6 Å². The molecule has 128 valence electrons. The van der Waals surface area contributed by atoms with Gasteiger partial charge < -0.3 is 9.73 Å². The lowest BCUT2D eigenvalue weighted by Crippen LogP contribution is -2.05. The number of nitrogens with zero attached hydrogens (tertiary/aromatic N) is 3. The maximum atomic E-state index is 13.3. The highest BCUT2D eigenvalue weighted by Crippen LogP contribution is 2.29. The molecule has 0 unspecified atom stereocenters. The van der Waals surface area contributed by atoms with Crippen molar-refractivity contribution in [2.75, 3.05) is 5.32 Å². The van der Waals surface area contributed by atoms with Crippen molar-refractivity contribution in [3.8, 4) is 22.7 Å². The molecular weight excluding hydrogens is 331 g/mol. The molecule has 0 amide bonds. The van der Waals surface area contributed by atoms with E-state index in [0.29, 0.717) is 23.9 Å². The summed E-state index contributed by atoms with van der Waals surface area (Å²) in [5.41, 5.74) is 2.99. The van der Waals surface area contributed by atoms with Gasteiger partial charge in [-0.1, -0.05) is 18.2 Å². The first-order chi connectivity index (χ1) is 12.8. The Kier molecular flexibility index (Phi) is 4.38. The minimum absolute atomic E-state index is 0.271. The Bertz CT molecular complexity index is 1000. The van der Waals surface area contributed by atoms with E-state index in [1.54, 1.807) is 30.8 Å². The molecule has 0 aliphatic heterocycles. The highest BCUT2D eigenvalue weighted by Gasteiger charge is 2.14. The maximum absolute atomic E-state index is 13.3. The van der Waals surface area contributed by atoms with Crippen LogP contribution >= 0.6 is 0 Å². The van der Waals surface area contributed by atoms with E-state index in [1.165, 1.54) is 12.1 Å². The van der Waals surface area contributed by atoms with Gasteiger partial charge in [-0.15, -0.1) is 0 Å². The largest absolute Gasteiger partial charge is 0.463 e. The highest BCUT2D eigenvalue weighted by atomic mass is 19.1. The first-order valence-electron chi connectivity index (χ1n) is 8.10. The van der Waals surface area contributed by atoms with Crippen molar-refractivity contribution in [1.82, 2.24) is 15.0 Å². The Hall–Kier alpha value is -3.54. The van der Waals surface area contributed by atoms with Crippen LogP contribution in [-0.4, -0.2) is 15.0 Å². The number of hydrogen-bond acceptors (Lipinski definition) is 5. The van der Waals surface area contributed by atoms with Gasteiger partial charge in [0.25, 0.3) is 0 Å². The average molecular weight is 346 g/mol. The van der Waals surface area contributed by atoms with Gasteiger partial charge in [-0.05, 0) is 42.0 Å². The second-order valence-electron chi connectivity index (χ2n) is 5.63. The standard InChI is InChI=1S/C20H15FN4O/c21-15-6-3-5-14(11-15)12-23-20-24-13-16(17-7-1-2-9-22-17)19(25-20)18-8-4-10-26-18/h1-11,13H,12H2,(H,23,24,25). The fourth-order valence-corrected chi connectivity index (χ4v) is 2.61. The Labute approximate surface area is 149 Å². The van der Waals surface area contributed by atoms with Gasteiger partial charge in [-0.2, -0.15) is 0 Å². The predicted molar refractivity (Wildman–Crippen MR) is 96.7 cm³/mol. The molecule has 0 radical (unpaired) electrons. The van der Waals surface area contributed by atoms with E-state index in [9.17, 15) is 4.39 Å². The summed E-state index contributed by atoms with van der Waals surface area (Å²) in [6.45, 7) is 0.415. The molecule has 5 nitrogen and oxygen atoms in total. The molecule has 1 aromatic carbocycles. The van der Waals surface area contributed by atoms with Gasteiger partial charge in [-0.25, -0.2) is 14.4 Å². The molecule has 0 aliphatic carbocycles. The molecule has 4 rings (SSSR count). The molecular formula is C20H15FN4O. The number of anilines is 1. The van der Waals surface area contributed by atoms with Crippen LogP contribution in [-0.2, 0) is 6.54 Å². The minimum Gasteiger partial charge on any atom is -0.463 e. The monoisotopic (exact) mass is 346 g/mol. The average Bonchev–Trinajstić information content (AvgIpc) is 3.22. The van der Waals surface area contributed by atoms with Crippen LogP contribution in [0.25, 0.3) is 22.7 Å². The summed E-state index contributed by atoms with van der Waals surface area (Å²) in [4.78, 5) is 13.3. The number of nitrogens with one attached hydrogen (secondary N) is 1. The number of aromatic nitrogens is 3. The lowest BCUT2D eigenvalue weighted by atomic mass is 10.1. The summed E-state index contributed by atoms with van der Waals surface area (Å²) in [5.74, 6) is 0.786. The Balaban J connectivity index is 1.66. The second kappa shape index (κ2) is 7.14. The van der Waals surface area contributed by atoms with Gasteiger partial charge in [0.05, 0.1) is 12.0 Å². The smallest absolute Gasteiger partial charge is 0.223 e. The zero-order valence-corrected chi connectivity index (χ0v) is 13.8. The minimum atomic E-state index is -0.271. The number of hydrogen-bond donors (Lipinski definition) is 1. The molecule has 3 heterocycles. The molecule has 3 aromatic heterocycles. The van der Waals surface area contributed by atoms with Crippen LogP contribution in [0.15, 0.2) is 77.7 Å². The van der Waals surface area contributed by atoms with Crippen molar-refractivity contribution in [1.29, 1.82) is 0 Å². The predicted octanol–water partition coefficient (Wildman–Crippen LogP) is 4.55. The van der Waals surface area contributed by atoms with Crippen LogP contribution in [0.4, 0.5) is 10.3 Å². The summed E-state index contributed by atoms with van der Waals surface area (Å²) >= 11 is 0. The van der Waals surface area contributed by atoms with E-state index < -0.39 is 0 Å². The normalized spacial score (nSPS) is 10.7. The van der Waals surface area contributed by atoms with Crippen LogP contribution in [0.2, 0.25) is 0 Å². The maximum Gasteiger partial charge on any atom is 0.223 e. The second-order valence-corrected chi connectivity index (χ2v) is 5.63. The first kappa shape index (κ1) is 16.0. The van der Waals surface area contributed by atoms with Gasteiger partial charge in [0.2, 0.25) is 5.95 Å². The van der Waals surface area contributed by atoms with Crippen molar-refractivity contribution in [3.63, 3.8) is 0 Å². The molecule has 0 spiro atoms. The number of furan rings is 1. The first-order valence-corrected chi connectivity index (χ1v) is 8.10. The van der Waals surface area contributed by atoms with E-state index in [0.717, 1.165) is 16.8 Å². The fourth-order valence-electron chi connectivity index (χ4n) is 2.61. The zero-order chi connectivity index (χ0) is 17.8. The molecule has 0 bridgehead atoms. The van der Waals surface area contributed by atoms with Crippen molar-refractivity contribution >= 4 is 5.95 Å². The van der Waals surface area contributed by atoms with Crippen LogP contribution in [0.5, 0.6) is 0 Å². The summed E-state index contributed by atoms with van der Waals surface area (Å²) < 4.78 is 18.8. The van der Waals surface area contributed by atoms with E-state index in [-0.39, 0.29) is 5.82 Å². The van der Waals surface area contributed by atoms with Crippen LogP contribution < -0.4 is 5.32 Å². The lowest BCUT2D eigenvalue weighted by molar-refractivity contribution is 0.580. The third-order valence-corrected chi connectivity index (χ3v) is 3.82. The Morgan fingerprint density at radius 2 is 1.96 bits per heavy atom. The third-order valence-electron chi connectivity index (χ3n) is 3.82. The SMILES string of the molecule is Fc1cccc(CNc2ncc(-c3ccccn3)c(-c3ccco3)n2)c1. The molecule has 26 heavy (non-hydrogen) atoms. The van der Waals surface area contributed by atoms with E-state index in [4.69, 9.17) is 4.42 Å². The van der Waals surface area contributed by atoms with E-state index >= 15 is 0 Å². The molecule has 0 saturated carbocycles. The molecule has 0 atom stereocenters. The third kappa shape index (κ3) is 3.44. The number of benzene rings is 1. The fraction of sp³-hybridized carbons (Fsp3) is 0.0500. The summed E-state index contributed by atoms with van der Waals surface area (Å²) in [7, 11) is 0. The molecule has 0 saturated heterocycles. The van der Waals surface area contributed by atoms with Crippen molar-refractivity contribution in [2.45, 2.75) is 6.54 Å². The Morgan fingerprint density at radius 1 is 1.00 bits per heavy atom. The van der Waals surface area contributed by atoms with E-state index in [1.807, 2.05) is 30.3 Å². The summed E-state index contributed by atoms with van der Waals surface area (Å²) in [6, 6.07) is 15.7.